The molecular formula is C33H31BrN8O6. The molecule has 0 atom stereocenters. The summed E-state index contributed by atoms with van der Waals surface area (Å²) in [7, 11) is 0. The summed E-state index contributed by atoms with van der Waals surface area (Å²) in [5.41, 5.74) is 5.41. The Kier molecular flexibility index (Phi) is 10.9. The summed E-state index contributed by atoms with van der Waals surface area (Å²) in [5.74, 6) is -0.990. The highest BCUT2D eigenvalue weighted by molar-refractivity contribution is 9.10. The number of carbonyl (C=O) groups excluding carboxylic acids is 3. The van der Waals surface area contributed by atoms with Crippen molar-refractivity contribution in [2.75, 3.05) is 19.8 Å². The number of ether oxygens (including phenoxy) is 3. The van der Waals surface area contributed by atoms with Crippen LogP contribution in [0, 0.1) is 0 Å². The Bertz CT molecular complexity index is 2170. The predicted octanol–water partition coefficient (Wildman–Crippen LogP) is 6.37. The second-order valence-electron chi connectivity index (χ2n) is 9.82. The molecule has 4 N–H and O–H groups in total. The van der Waals surface area contributed by atoms with Crippen LogP contribution in [-0.2, 0) is 14.2 Å². The minimum absolute atomic E-state index is 0.313. The molecule has 7 aromatic rings. The van der Waals surface area contributed by atoms with E-state index in [0.29, 0.717) is 53.5 Å². The van der Waals surface area contributed by atoms with E-state index in [0.717, 1.165) is 31.8 Å². The maximum atomic E-state index is 11.8. The largest absolute Gasteiger partial charge is 0.462 e. The Balaban J connectivity index is 0.000000143. The third-order valence-electron chi connectivity index (χ3n) is 6.80. The average Bonchev–Trinajstić information content (AvgIpc) is 3.91. The van der Waals surface area contributed by atoms with Crippen molar-refractivity contribution >= 4 is 66.9 Å². The van der Waals surface area contributed by atoms with Gasteiger partial charge in [-0.1, -0.05) is 0 Å². The predicted molar refractivity (Wildman–Crippen MR) is 181 cm³/mol. The zero-order valence-corrected chi connectivity index (χ0v) is 27.8. The summed E-state index contributed by atoms with van der Waals surface area (Å²) in [5, 5.41) is 8.96. The molecule has 7 aromatic heterocycles. The lowest BCUT2D eigenvalue weighted by molar-refractivity contribution is 0.0519. The highest BCUT2D eigenvalue weighted by Crippen LogP contribution is 2.25. The number of halogens is 1. The van der Waals surface area contributed by atoms with Gasteiger partial charge in [-0.15, -0.1) is 0 Å². The Labute approximate surface area is 281 Å². The molecule has 0 bridgehead atoms. The number of nitrogens with zero attached hydrogens (tertiary/aromatic N) is 4. The molecule has 0 fully saturated rings. The van der Waals surface area contributed by atoms with Gasteiger partial charge in [-0.25, -0.2) is 29.3 Å². The maximum Gasteiger partial charge on any atom is 0.340 e. The van der Waals surface area contributed by atoms with Gasteiger partial charge in [0.25, 0.3) is 0 Å². The second kappa shape index (κ2) is 15.6. The van der Waals surface area contributed by atoms with Crippen LogP contribution in [0.5, 0.6) is 0 Å². The van der Waals surface area contributed by atoms with Crippen molar-refractivity contribution in [3.05, 3.63) is 95.0 Å². The maximum absolute atomic E-state index is 11.8. The topological polar surface area (TPSA) is 194 Å². The summed E-state index contributed by atoms with van der Waals surface area (Å²) >= 11 is 3.31. The summed E-state index contributed by atoms with van der Waals surface area (Å²) in [6, 6.07) is 7.37. The van der Waals surface area contributed by atoms with E-state index in [4.69, 9.17) is 14.2 Å². The molecule has 7 rings (SSSR count). The lowest BCUT2D eigenvalue weighted by Gasteiger charge is -2.01. The van der Waals surface area contributed by atoms with Crippen molar-refractivity contribution in [1.29, 1.82) is 0 Å². The number of pyridine rings is 3. The van der Waals surface area contributed by atoms with Crippen molar-refractivity contribution in [1.82, 2.24) is 40.1 Å². The smallest absolute Gasteiger partial charge is 0.340 e. The SMILES string of the molecule is CCOC(=O)c1c[nH]c2ncc(-c3cn[nH]c3)cc12.CCOC(=O)c1c[nH]c2ncc(Br)cc12.CCOC(=O)c1c[nH]c2ncccc12. The minimum atomic E-state index is -0.347. The first-order valence-corrected chi connectivity index (χ1v) is 15.7. The first-order valence-electron chi connectivity index (χ1n) is 14.9. The Hall–Kier alpha value is -5.83. The number of esters is 3. The number of nitrogens with one attached hydrogen (secondary N) is 4. The highest BCUT2D eigenvalue weighted by Gasteiger charge is 2.16. The molecule has 0 spiro atoms. The number of hydrogen-bond acceptors (Lipinski definition) is 10. The van der Waals surface area contributed by atoms with E-state index in [1.165, 1.54) is 0 Å². The van der Waals surface area contributed by atoms with Crippen LogP contribution >= 0.6 is 15.9 Å². The minimum Gasteiger partial charge on any atom is -0.462 e. The standard InChI is InChI=1S/C13H12N4O2.C10H9BrN2O2.C10H10N2O2/c1-2-19-13(18)11-7-15-12-10(11)3-8(4-14-12)9-5-16-17-6-9;1-2-15-10(14)8-5-13-9-7(8)3-6(11)4-12-9;1-2-14-10(13)8-6-12-9-7(8)4-3-5-11-9/h3-7H,2H2,1H3,(H,14,15)(H,16,17);3-5H,2H2,1H3,(H,12,13);3-6H,2H2,1H3,(H,11,12). The van der Waals surface area contributed by atoms with Crippen molar-refractivity contribution in [2.45, 2.75) is 20.8 Å². The van der Waals surface area contributed by atoms with Gasteiger partial charge in [-0.2, -0.15) is 5.10 Å². The van der Waals surface area contributed by atoms with E-state index in [9.17, 15) is 14.4 Å². The van der Waals surface area contributed by atoms with Gasteiger partial charge in [0.15, 0.2) is 0 Å². The third kappa shape index (κ3) is 7.58. The molecule has 48 heavy (non-hydrogen) atoms. The van der Waals surface area contributed by atoms with E-state index < -0.39 is 0 Å². The molecule has 0 saturated carbocycles. The fourth-order valence-corrected chi connectivity index (χ4v) is 4.97. The number of carbonyl (C=O) groups is 3. The zero-order valence-electron chi connectivity index (χ0n) is 26.2. The van der Waals surface area contributed by atoms with Gasteiger partial charge in [-0.05, 0) is 61.0 Å². The molecule has 0 saturated heterocycles. The van der Waals surface area contributed by atoms with Crippen molar-refractivity contribution in [3.63, 3.8) is 0 Å². The van der Waals surface area contributed by atoms with Crippen molar-refractivity contribution in [3.8, 4) is 11.1 Å². The fraction of sp³-hybridized carbons (Fsp3) is 0.182. The number of fused-ring (bicyclic) bond motifs is 3. The van der Waals surface area contributed by atoms with E-state index in [1.807, 2.05) is 18.2 Å². The van der Waals surface area contributed by atoms with Crippen LogP contribution in [0.2, 0.25) is 0 Å². The molecule has 0 radical (unpaired) electrons. The van der Waals surface area contributed by atoms with Gasteiger partial charge >= 0.3 is 17.9 Å². The number of aromatic amines is 4. The third-order valence-corrected chi connectivity index (χ3v) is 7.23. The van der Waals surface area contributed by atoms with E-state index in [2.05, 4.69) is 56.0 Å². The number of hydrogen-bond donors (Lipinski definition) is 4. The molecule has 0 aliphatic carbocycles. The van der Waals surface area contributed by atoms with Gasteiger partial charge in [0.2, 0.25) is 0 Å². The molecule has 0 unspecified atom stereocenters. The van der Waals surface area contributed by atoms with Crippen LogP contribution < -0.4 is 0 Å². The van der Waals surface area contributed by atoms with Gasteiger partial charge in [0.05, 0.1) is 42.7 Å². The molecule has 0 aliphatic heterocycles. The summed E-state index contributed by atoms with van der Waals surface area (Å²) < 4.78 is 15.7. The Morgan fingerprint density at radius 2 is 1.17 bits per heavy atom. The molecule has 0 amide bonds. The first-order chi connectivity index (χ1) is 23.3. The van der Waals surface area contributed by atoms with E-state index >= 15 is 0 Å². The normalized spacial score (nSPS) is 10.6. The monoisotopic (exact) mass is 714 g/mol. The van der Waals surface area contributed by atoms with Crippen molar-refractivity contribution in [2.24, 2.45) is 0 Å². The average molecular weight is 716 g/mol. The lowest BCUT2D eigenvalue weighted by Crippen LogP contribution is -2.03. The van der Waals surface area contributed by atoms with Crippen LogP contribution in [0.1, 0.15) is 51.8 Å². The molecule has 246 valence electrons. The molecular weight excluding hydrogens is 684 g/mol. The number of aromatic nitrogens is 8. The molecule has 0 aromatic carbocycles. The fourth-order valence-electron chi connectivity index (χ4n) is 4.64. The summed E-state index contributed by atoms with van der Waals surface area (Å²) in [6.07, 6.45) is 13.4. The zero-order chi connectivity index (χ0) is 34.0. The van der Waals surface area contributed by atoms with Crippen LogP contribution in [0.3, 0.4) is 0 Å². The Morgan fingerprint density at radius 1 is 0.646 bits per heavy atom. The van der Waals surface area contributed by atoms with Gasteiger partial charge in [-0.3, -0.25) is 5.10 Å². The quantitative estimate of drug-likeness (QED) is 0.106. The Morgan fingerprint density at radius 3 is 1.71 bits per heavy atom. The number of H-pyrrole nitrogens is 4. The number of rotatable bonds is 7. The summed E-state index contributed by atoms with van der Waals surface area (Å²) in [6.45, 7) is 6.44. The first kappa shape index (κ1) is 33.5. The van der Waals surface area contributed by atoms with E-state index in [-0.39, 0.29) is 17.9 Å². The van der Waals surface area contributed by atoms with Gasteiger partial charge < -0.3 is 29.2 Å². The molecule has 14 nitrogen and oxygen atoms in total. The summed E-state index contributed by atoms with van der Waals surface area (Å²) in [4.78, 5) is 56.1. The van der Waals surface area contributed by atoms with Crippen LogP contribution in [0.15, 0.2) is 78.3 Å². The highest BCUT2D eigenvalue weighted by atomic mass is 79.9. The molecule has 7 heterocycles. The molecule has 0 aliphatic rings. The van der Waals surface area contributed by atoms with Crippen LogP contribution in [-0.4, -0.2) is 77.8 Å². The molecule has 15 heteroatoms. The van der Waals surface area contributed by atoms with Crippen LogP contribution in [0.4, 0.5) is 0 Å². The second-order valence-corrected chi connectivity index (χ2v) is 10.7. The van der Waals surface area contributed by atoms with Gasteiger partial charge in [0, 0.05) is 75.1 Å². The lowest BCUT2D eigenvalue weighted by atomic mass is 10.1. The van der Waals surface area contributed by atoms with Gasteiger partial charge in [0.1, 0.15) is 16.9 Å². The van der Waals surface area contributed by atoms with Crippen LogP contribution in [0.25, 0.3) is 44.2 Å². The van der Waals surface area contributed by atoms with Crippen molar-refractivity contribution < 1.29 is 28.6 Å². The van der Waals surface area contributed by atoms with E-state index in [1.54, 1.807) is 76.4 Å².